The number of hydrogen-bond acceptors (Lipinski definition) is 9. The number of thioether (sulfide) groups is 1. The summed E-state index contributed by atoms with van der Waals surface area (Å²) in [6, 6.07) is 17.2. The number of nitrogens with two attached hydrogens (primary N) is 1. The fraction of sp³-hybridized carbons (Fsp3) is 0.300. The van der Waals surface area contributed by atoms with Crippen molar-refractivity contribution in [2.75, 3.05) is 17.2 Å². The van der Waals surface area contributed by atoms with Crippen molar-refractivity contribution in [2.45, 2.75) is 43.4 Å². The fourth-order valence-electron chi connectivity index (χ4n) is 5.32. The summed E-state index contributed by atoms with van der Waals surface area (Å²) in [5.41, 5.74) is 9.23. The van der Waals surface area contributed by atoms with E-state index in [-0.39, 0.29) is 34.3 Å². The van der Waals surface area contributed by atoms with Crippen LogP contribution < -0.4 is 16.0 Å². The molecule has 1 unspecified atom stereocenters. The third-order valence-electron chi connectivity index (χ3n) is 7.16. The molecule has 0 fully saturated rings. The van der Waals surface area contributed by atoms with Crippen LogP contribution in [-0.4, -0.2) is 34.2 Å². The number of allylic oxidation sites excluding steroid dienone is 3. The standard InChI is InChI=1S/C30H28Cl2N6O2S2/c1-30(2)13-21-26(22(39)14-30)24(25-19(31)9-6-10-20(25)32)18(15-33)27(34)38(21)28-36-37-29(42-28)41-16-23(40)35-12-11-17-7-4-3-5-8-17/h3-10,24H,11-14,16,34H2,1-2H3,(H,35,40). The van der Waals surface area contributed by atoms with Gasteiger partial charge < -0.3 is 11.1 Å². The molecule has 1 amide bonds. The van der Waals surface area contributed by atoms with Gasteiger partial charge in [0.2, 0.25) is 11.0 Å². The molecule has 0 saturated carbocycles. The van der Waals surface area contributed by atoms with Crippen molar-refractivity contribution >= 4 is 63.1 Å². The number of aromatic nitrogens is 2. The van der Waals surface area contributed by atoms with Crippen molar-refractivity contribution in [1.29, 1.82) is 5.26 Å². The van der Waals surface area contributed by atoms with E-state index >= 15 is 0 Å². The number of amides is 1. The Kier molecular flexibility index (Phi) is 8.94. The van der Waals surface area contributed by atoms with E-state index in [1.807, 2.05) is 44.2 Å². The quantitative estimate of drug-likeness (QED) is 0.278. The molecule has 0 bridgehead atoms. The summed E-state index contributed by atoms with van der Waals surface area (Å²) in [7, 11) is 0. The summed E-state index contributed by atoms with van der Waals surface area (Å²) in [4.78, 5) is 27.8. The Bertz CT molecular complexity index is 1620. The summed E-state index contributed by atoms with van der Waals surface area (Å²) in [6.45, 7) is 4.57. The zero-order valence-corrected chi connectivity index (χ0v) is 26.1. The predicted octanol–water partition coefficient (Wildman–Crippen LogP) is 6.24. The Morgan fingerprint density at radius 3 is 2.57 bits per heavy atom. The van der Waals surface area contributed by atoms with Crippen LogP contribution in [0.1, 0.15) is 43.7 Å². The van der Waals surface area contributed by atoms with Crippen LogP contribution in [0.5, 0.6) is 0 Å². The first-order valence-electron chi connectivity index (χ1n) is 13.3. The van der Waals surface area contributed by atoms with Gasteiger partial charge in [0.15, 0.2) is 10.1 Å². The molecule has 5 rings (SSSR count). The van der Waals surface area contributed by atoms with Gasteiger partial charge >= 0.3 is 0 Å². The first-order valence-corrected chi connectivity index (χ1v) is 15.8. The van der Waals surface area contributed by atoms with E-state index in [4.69, 9.17) is 28.9 Å². The molecule has 3 aromatic rings. The molecule has 2 heterocycles. The minimum atomic E-state index is -0.799. The Labute approximate surface area is 262 Å². The van der Waals surface area contributed by atoms with Crippen LogP contribution in [0.2, 0.25) is 10.0 Å². The molecular weight excluding hydrogens is 611 g/mol. The smallest absolute Gasteiger partial charge is 0.230 e. The maximum atomic E-state index is 13.7. The Morgan fingerprint density at radius 2 is 1.88 bits per heavy atom. The lowest BCUT2D eigenvalue weighted by Gasteiger charge is -2.42. The number of nitriles is 1. The van der Waals surface area contributed by atoms with Gasteiger partial charge in [0.1, 0.15) is 5.82 Å². The van der Waals surface area contributed by atoms with E-state index in [2.05, 4.69) is 21.6 Å². The first-order chi connectivity index (χ1) is 20.1. The highest BCUT2D eigenvalue weighted by molar-refractivity contribution is 8.01. The van der Waals surface area contributed by atoms with Crippen molar-refractivity contribution in [3.63, 3.8) is 0 Å². The Morgan fingerprint density at radius 1 is 1.17 bits per heavy atom. The van der Waals surface area contributed by atoms with E-state index in [1.54, 1.807) is 23.1 Å². The molecule has 0 radical (unpaired) electrons. The lowest BCUT2D eigenvalue weighted by atomic mass is 9.68. The van der Waals surface area contributed by atoms with Gasteiger partial charge in [-0.3, -0.25) is 14.5 Å². The molecule has 2 aromatic carbocycles. The number of carbonyl (C=O) groups is 2. The SMILES string of the molecule is CC1(C)CC(=O)C2=C(C1)N(c1nnc(SCC(=O)NCCc3ccccc3)s1)C(N)=C(C#N)C2c1c(Cl)cccc1Cl. The average molecular weight is 640 g/mol. The van der Waals surface area contributed by atoms with Crippen LogP contribution >= 0.6 is 46.3 Å². The summed E-state index contributed by atoms with van der Waals surface area (Å²) in [6.07, 6.45) is 1.56. The van der Waals surface area contributed by atoms with Crippen LogP contribution in [0.3, 0.4) is 0 Å². The predicted molar refractivity (Wildman–Crippen MR) is 167 cm³/mol. The van der Waals surface area contributed by atoms with E-state index < -0.39 is 5.92 Å². The van der Waals surface area contributed by atoms with Gasteiger partial charge in [-0.1, -0.05) is 96.5 Å². The molecule has 0 saturated heterocycles. The van der Waals surface area contributed by atoms with Crippen molar-refractivity contribution in [3.05, 3.63) is 92.4 Å². The van der Waals surface area contributed by atoms with Gasteiger partial charge in [-0.15, -0.1) is 10.2 Å². The van der Waals surface area contributed by atoms with Crippen molar-refractivity contribution in [1.82, 2.24) is 15.5 Å². The van der Waals surface area contributed by atoms with Crippen LogP contribution in [0.25, 0.3) is 0 Å². The van der Waals surface area contributed by atoms with Crippen molar-refractivity contribution in [2.24, 2.45) is 11.1 Å². The number of carbonyl (C=O) groups excluding carboxylic acids is 2. The molecule has 1 aliphatic heterocycles. The molecule has 216 valence electrons. The van der Waals surface area contributed by atoms with Gasteiger partial charge in [-0.05, 0) is 36.0 Å². The molecule has 1 atom stereocenters. The zero-order valence-electron chi connectivity index (χ0n) is 23.0. The number of benzene rings is 2. The summed E-state index contributed by atoms with van der Waals surface area (Å²) in [5.74, 6) is -0.689. The number of ketones is 1. The van der Waals surface area contributed by atoms with Gasteiger partial charge in [0.25, 0.3) is 0 Å². The van der Waals surface area contributed by atoms with Crippen molar-refractivity contribution < 1.29 is 9.59 Å². The molecule has 0 spiro atoms. The fourth-order valence-corrected chi connectivity index (χ4v) is 7.65. The lowest BCUT2D eigenvalue weighted by Crippen LogP contribution is -2.42. The van der Waals surface area contributed by atoms with Gasteiger partial charge in [0.05, 0.1) is 23.3 Å². The monoisotopic (exact) mass is 638 g/mol. The number of halogens is 2. The number of nitrogens with zero attached hydrogens (tertiary/aromatic N) is 4. The maximum Gasteiger partial charge on any atom is 0.230 e. The molecular formula is C30H28Cl2N6O2S2. The number of rotatable bonds is 8. The Balaban J connectivity index is 1.42. The van der Waals surface area contributed by atoms with E-state index in [0.29, 0.717) is 55.7 Å². The first kappa shape index (κ1) is 30.1. The minimum Gasteiger partial charge on any atom is -0.384 e. The van der Waals surface area contributed by atoms with E-state index in [9.17, 15) is 14.9 Å². The number of anilines is 1. The minimum absolute atomic E-state index is 0.0984. The van der Waals surface area contributed by atoms with Gasteiger partial charge in [-0.25, -0.2) is 0 Å². The molecule has 8 nitrogen and oxygen atoms in total. The third kappa shape index (κ3) is 6.20. The number of Topliss-reactive ketones (excluding diaryl/α,β-unsaturated/α-hetero) is 1. The van der Waals surface area contributed by atoms with Crippen molar-refractivity contribution in [3.8, 4) is 6.07 Å². The van der Waals surface area contributed by atoms with Crippen LogP contribution in [-0.2, 0) is 16.0 Å². The lowest BCUT2D eigenvalue weighted by molar-refractivity contribution is -0.119. The highest BCUT2D eigenvalue weighted by Crippen LogP contribution is 2.52. The van der Waals surface area contributed by atoms with E-state index in [0.717, 1.165) is 12.0 Å². The summed E-state index contributed by atoms with van der Waals surface area (Å²) >= 11 is 15.7. The molecule has 42 heavy (non-hydrogen) atoms. The van der Waals surface area contributed by atoms with Crippen LogP contribution in [0.15, 0.2) is 75.5 Å². The van der Waals surface area contributed by atoms with E-state index in [1.165, 1.54) is 23.1 Å². The second-order valence-corrected chi connectivity index (χ2v) is 13.8. The summed E-state index contributed by atoms with van der Waals surface area (Å²) in [5, 5.41) is 23.0. The summed E-state index contributed by atoms with van der Waals surface area (Å²) < 4.78 is 0.564. The molecule has 1 aromatic heterocycles. The molecule has 1 aliphatic carbocycles. The van der Waals surface area contributed by atoms with Crippen LogP contribution in [0.4, 0.5) is 5.13 Å². The Hall–Kier alpha value is -3.36. The molecule has 2 aliphatic rings. The van der Waals surface area contributed by atoms with Crippen LogP contribution in [0, 0.1) is 16.7 Å². The largest absolute Gasteiger partial charge is 0.384 e. The highest BCUT2D eigenvalue weighted by Gasteiger charge is 2.46. The van der Waals surface area contributed by atoms with Gasteiger partial charge in [0, 0.05) is 39.8 Å². The molecule has 12 heteroatoms. The second-order valence-electron chi connectivity index (χ2n) is 10.8. The average Bonchev–Trinajstić information content (AvgIpc) is 3.40. The highest BCUT2D eigenvalue weighted by atomic mass is 35.5. The zero-order chi connectivity index (χ0) is 30.0. The normalized spacial score (nSPS) is 18.1. The molecule has 3 N–H and O–H groups in total. The van der Waals surface area contributed by atoms with Gasteiger partial charge in [-0.2, -0.15) is 5.26 Å². The maximum absolute atomic E-state index is 13.7. The second kappa shape index (κ2) is 12.5. The topological polar surface area (TPSA) is 125 Å². The number of hydrogen-bond donors (Lipinski definition) is 2. The number of nitrogens with one attached hydrogen (secondary N) is 1. The third-order valence-corrected chi connectivity index (χ3v) is 9.86.